The van der Waals surface area contributed by atoms with Crippen LogP contribution in [-0.2, 0) is 13.1 Å². The second-order valence-electron chi connectivity index (χ2n) is 6.12. The fourth-order valence-corrected chi connectivity index (χ4v) is 2.99. The number of H-pyrrole nitrogens is 1. The largest absolute Gasteiger partial charge is 0.384 e. The Hall–Kier alpha value is -2.89. The van der Waals surface area contributed by atoms with Gasteiger partial charge in [-0.3, -0.25) is 0 Å². The molecule has 0 saturated carbocycles. The van der Waals surface area contributed by atoms with Crippen LogP contribution in [0.5, 0.6) is 0 Å². The number of nitrogens with one attached hydrogen (secondary N) is 2. The number of nitrogens with two attached hydrogens (primary N) is 1. The third-order valence-corrected chi connectivity index (χ3v) is 4.41. The molecule has 2 heterocycles. The molecule has 0 bridgehead atoms. The highest BCUT2D eigenvalue weighted by molar-refractivity contribution is 6.30. The molecule has 2 aromatic carbocycles. The van der Waals surface area contributed by atoms with Crippen LogP contribution < -0.4 is 11.1 Å². The molecule has 0 spiro atoms. The third kappa shape index (κ3) is 3.69. The fourth-order valence-electron chi connectivity index (χ4n) is 2.87. The molecule has 0 aliphatic rings. The van der Waals surface area contributed by atoms with Crippen LogP contribution in [0.1, 0.15) is 11.3 Å². The zero-order valence-corrected chi connectivity index (χ0v) is 14.8. The van der Waals surface area contributed by atoms with Gasteiger partial charge < -0.3 is 16.0 Å². The summed E-state index contributed by atoms with van der Waals surface area (Å²) < 4.78 is 0. The highest BCUT2D eigenvalue weighted by Crippen LogP contribution is 2.22. The van der Waals surface area contributed by atoms with Crippen molar-refractivity contribution in [3.05, 3.63) is 77.1 Å². The maximum Gasteiger partial charge on any atom is 0.161 e. The molecule has 4 aromatic rings. The average molecular weight is 364 g/mol. The summed E-state index contributed by atoms with van der Waals surface area (Å²) in [6.07, 6.45) is 1.92. The summed E-state index contributed by atoms with van der Waals surface area (Å²) in [4.78, 5) is 12.2. The summed E-state index contributed by atoms with van der Waals surface area (Å²) in [5.74, 6) is 1.10. The maximum atomic E-state index is 5.99. The molecule has 26 heavy (non-hydrogen) atoms. The Kier molecular flexibility index (Phi) is 4.56. The van der Waals surface area contributed by atoms with Crippen molar-refractivity contribution in [3.8, 4) is 11.4 Å². The number of benzene rings is 2. The first-order chi connectivity index (χ1) is 12.7. The molecule has 0 amide bonds. The molecule has 130 valence electrons. The van der Waals surface area contributed by atoms with Gasteiger partial charge in [0.25, 0.3) is 0 Å². The van der Waals surface area contributed by atoms with Crippen LogP contribution in [0.25, 0.3) is 22.3 Å². The van der Waals surface area contributed by atoms with Gasteiger partial charge in [-0.2, -0.15) is 0 Å². The highest BCUT2D eigenvalue weighted by Gasteiger charge is 2.07. The first-order valence-corrected chi connectivity index (χ1v) is 8.71. The Morgan fingerprint density at radius 1 is 0.962 bits per heavy atom. The van der Waals surface area contributed by atoms with Gasteiger partial charge in [0.1, 0.15) is 5.82 Å². The van der Waals surface area contributed by atoms with Gasteiger partial charge in [0.05, 0.1) is 5.69 Å². The van der Waals surface area contributed by atoms with Gasteiger partial charge in [0, 0.05) is 46.8 Å². The SMILES string of the molecule is Nc1cc(CNCc2ccc(Cl)cc2)nc(-c2ccc3[nH]ccc3c2)n1. The van der Waals surface area contributed by atoms with E-state index in [0.717, 1.165) is 39.3 Å². The maximum absolute atomic E-state index is 5.99. The van der Waals surface area contributed by atoms with Crippen LogP contribution in [0.15, 0.2) is 60.8 Å². The molecule has 0 fully saturated rings. The van der Waals surface area contributed by atoms with Gasteiger partial charge >= 0.3 is 0 Å². The Labute approximate surface area is 156 Å². The lowest BCUT2D eigenvalue weighted by Crippen LogP contribution is -2.14. The van der Waals surface area contributed by atoms with Crippen LogP contribution in [0, 0.1) is 0 Å². The topological polar surface area (TPSA) is 79.6 Å². The molecule has 4 rings (SSSR count). The number of halogens is 1. The van der Waals surface area contributed by atoms with Gasteiger partial charge in [-0.15, -0.1) is 0 Å². The Morgan fingerprint density at radius 3 is 2.65 bits per heavy atom. The van der Waals surface area contributed by atoms with Crippen molar-refractivity contribution in [2.75, 3.05) is 5.73 Å². The quantitative estimate of drug-likeness (QED) is 0.497. The molecular formula is C20H18ClN5. The van der Waals surface area contributed by atoms with E-state index in [1.165, 1.54) is 0 Å². The van der Waals surface area contributed by atoms with E-state index in [0.29, 0.717) is 18.2 Å². The monoisotopic (exact) mass is 363 g/mol. The van der Waals surface area contributed by atoms with E-state index in [1.807, 2.05) is 48.7 Å². The van der Waals surface area contributed by atoms with Crippen LogP contribution >= 0.6 is 11.6 Å². The number of aromatic nitrogens is 3. The molecule has 0 atom stereocenters. The Bertz CT molecular complexity index is 1040. The number of anilines is 1. The smallest absolute Gasteiger partial charge is 0.161 e. The minimum Gasteiger partial charge on any atom is -0.384 e. The van der Waals surface area contributed by atoms with E-state index in [9.17, 15) is 0 Å². The minimum atomic E-state index is 0.465. The zero-order valence-electron chi connectivity index (χ0n) is 14.0. The van der Waals surface area contributed by atoms with Crippen LogP contribution in [0.2, 0.25) is 5.02 Å². The summed E-state index contributed by atoms with van der Waals surface area (Å²) >= 11 is 5.91. The molecule has 0 aliphatic heterocycles. The number of aromatic amines is 1. The summed E-state index contributed by atoms with van der Waals surface area (Å²) in [5, 5.41) is 5.23. The van der Waals surface area contributed by atoms with Gasteiger partial charge in [0.15, 0.2) is 5.82 Å². The van der Waals surface area contributed by atoms with Crippen LogP contribution in [0.4, 0.5) is 5.82 Å². The van der Waals surface area contributed by atoms with E-state index in [1.54, 1.807) is 6.07 Å². The molecule has 0 unspecified atom stereocenters. The summed E-state index contributed by atoms with van der Waals surface area (Å²) in [6.45, 7) is 1.33. The number of hydrogen-bond acceptors (Lipinski definition) is 4. The molecule has 0 saturated heterocycles. The molecule has 2 aromatic heterocycles. The van der Waals surface area contributed by atoms with Crippen molar-refractivity contribution in [1.82, 2.24) is 20.3 Å². The molecule has 5 nitrogen and oxygen atoms in total. The first-order valence-electron chi connectivity index (χ1n) is 8.33. The molecule has 4 N–H and O–H groups in total. The van der Waals surface area contributed by atoms with Crippen molar-refractivity contribution in [1.29, 1.82) is 0 Å². The second-order valence-corrected chi connectivity index (χ2v) is 6.55. The lowest BCUT2D eigenvalue weighted by atomic mass is 10.1. The fraction of sp³-hybridized carbons (Fsp3) is 0.100. The normalized spacial score (nSPS) is 11.1. The van der Waals surface area contributed by atoms with E-state index in [-0.39, 0.29) is 0 Å². The summed E-state index contributed by atoms with van der Waals surface area (Å²) in [7, 11) is 0. The van der Waals surface area contributed by atoms with E-state index in [4.69, 9.17) is 17.3 Å². The lowest BCUT2D eigenvalue weighted by molar-refractivity contribution is 0.679. The van der Waals surface area contributed by atoms with Crippen LogP contribution in [0.3, 0.4) is 0 Å². The molecular weight excluding hydrogens is 346 g/mol. The van der Waals surface area contributed by atoms with Gasteiger partial charge in [0.2, 0.25) is 0 Å². The van der Waals surface area contributed by atoms with Crippen molar-refractivity contribution < 1.29 is 0 Å². The third-order valence-electron chi connectivity index (χ3n) is 4.16. The number of fused-ring (bicyclic) bond motifs is 1. The molecule has 6 heteroatoms. The Balaban J connectivity index is 1.51. The van der Waals surface area contributed by atoms with Gasteiger partial charge in [-0.25, -0.2) is 9.97 Å². The molecule has 0 radical (unpaired) electrons. The van der Waals surface area contributed by atoms with E-state index in [2.05, 4.69) is 26.3 Å². The van der Waals surface area contributed by atoms with Crippen molar-refractivity contribution in [2.45, 2.75) is 13.1 Å². The predicted octanol–water partition coefficient (Wildman–Crippen LogP) is 4.15. The van der Waals surface area contributed by atoms with Crippen molar-refractivity contribution in [3.63, 3.8) is 0 Å². The van der Waals surface area contributed by atoms with Crippen molar-refractivity contribution in [2.24, 2.45) is 0 Å². The van der Waals surface area contributed by atoms with Gasteiger partial charge in [-0.1, -0.05) is 23.7 Å². The summed E-state index contributed by atoms with van der Waals surface area (Å²) in [6, 6.07) is 17.7. The highest BCUT2D eigenvalue weighted by atomic mass is 35.5. The summed E-state index contributed by atoms with van der Waals surface area (Å²) in [5.41, 5.74) is 10.0. The Morgan fingerprint density at radius 2 is 1.81 bits per heavy atom. The molecule has 0 aliphatic carbocycles. The van der Waals surface area contributed by atoms with E-state index >= 15 is 0 Å². The average Bonchev–Trinajstić information content (AvgIpc) is 3.11. The minimum absolute atomic E-state index is 0.465. The lowest BCUT2D eigenvalue weighted by Gasteiger charge is -2.08. The van der Waals surface area contributed by atoms with Gasteiger partial charge in [-0.05, 0) is 42.0 Å². The van der Waals surface area contributed by atoms with Crippen molar-refractivity contribution >= 4 is 28.3 Å². The first kappa shape index (κ1) is 16.6. The van der Waals surface area contributed by atoms with E-state index < -0.39 is 0 Å². The van der Waals surface area contributed by atoms with Crippen LogP contribution in [-0.4, -0.2) is 15.0 Å². The number of nitrogen functional groups attached to an aromatic ring is 1. The standard InChI is InChI=1S/C20H18ClN5/c21-16-4-1-13(2-5-16)11-23-12-17-10-19(22)26-20(25-17)15-3-6-18-14(9-15)7-8-24-18/h1-10,23-24H,11-12H2,(H2,22,25,26). The second kappa shape index (κ2) is 7.15. The zero-order chi connectivity index (χ0) is 17.9. The number of nitrogens with zero attached hydrogens (tertiary/aromatic N) is 2. The number of rotatable bonds is 5. The number of hydrogen-bond donors (Lipinski definition) is 3. The predicted molar refractivity (Wildman–Crippen MR) is 106 cm³/mol.